The maximum atomic E-state index is 11.6. The molecule has 0 N–H and O–H groups in total. The largest absolute Gasteiger partial charge is 0.463 e. The van der Waals surface area contributed by atoms with Crippen molar-refractivity contribution in [3.05, 3.63) is 0 Å². The quantitative estimate of drug-likeness (QED) is 0.498. The Morgan fingerprint density at radius 3 is 2.25 bits per heavy atom. The van der Waals surface area contributed by atoms with Crippen molar-refractivity contribution in [2.45, 2.75) is 59.0 Å². The predicted octanol–water partition coefficient (Wildman–Crippen LogP) is 2.45. The summed E-state index contributed by atoms with van der Waals surface area (Å²) in [6.07, 6.45) is 2.82. The second kappa shape index (κ2) is 7.25. The minimum atomic E-state index is -1.18. The third-order valence-corrected chi connectivity index (χ3v) is 2.05. The summed E-state index contributed by atoms with van der Waals surface area (Å²) in [6, 6.07) is 0. The van der Waals surface area contributed by atoms with Gasteiger partial charge in [-0.05, 0) is 26.7 Å². The summed E-state index contributed by atoms with van der Waals surface area (Å²) in [5.41, 5.74) is -1.18. The van der Waals surface area contributed by atoms with Crippen molar-refractivity contribution in [3.63, 3.8) is 0 Å². The van der Waals surface area contributed by atoms with Gasteiger partial charge in [0.15, 0.2) is 0 Å². The van der Waals surface area contributed by atoms with E-state index in [1.54, 1.807) is 13.8 Å². The molecule has 0 aliphatic heterocycles. The molecule has 0 amide bonds. The molecule has 4 heteroatoms. The second-order valence-corrected chi connectivity index (χ2v) is 4.22. The van der Waals surface area contributed by atoms with Gasteiger partial charge in [-0.15, -0.1) is 0 Å². The van der Waals surface area contributed by atoms with Gasteiger partial charge in [0, 0.05) is 6.42 Å². The fraction of sp³-hybridized carbons (Fsp3) is 0.833. The van der Waals surface area contributed by atoms with Gasteiger partial charge in [0.1, 0.15) is 0 Å². The van der Waals surface area contributed by atoms with Crippen molar-refractivity contribution in [2.75, 3.05) is 6.61 Å². The van der Waals surface area contributed by atoms with Crippen molar-refractivity contribution in [3.8, 4) is 0 Å². The summed E-state index contributed by atoms with van der Waals surface area (Å²) in [5, 5.41) is 0. The van der Waals surface area contributed by atoms with Gasteiger partial charge >= 0.3 is 11.9 Å². The Bertz CT molecular complexity index is 233. The lowest BCUT2D eigenvalue weighted by Gasteiger charge is -2.22. The van der Waals surface area contributed by atoms with Crippen LogP contribution in [0.2, 0.25) is 0 Å². The molecule has 0 radical (unpaired) electrons. The molecule has 0 atom stereocenters. The van der Waals surface area contributed by atoms with Crippen LogP contribution in [0, 0.1) is 0 Å². The van der Waals surface area contributed by atoms with Gasteiger partial charge in [-0.1, -0.05) is 20.3 Å². The summed E-state index contributed by atoms with van der Waals surface area (Å²) in [6.45, 7) is 7.38. The van der Waals surface area contributed by atoms with Crippen molar-refractivity contribution >= 4 is 11.9 Å². The van der Waals surface area contributed by atoms with Crippen LogP contribution < -0.4 is 0 Å². The van der Waals surface area contributed by atoms with E-state index >= 15 is 0 Å². The van der Waals surface area contributed by atoms with Crippen LogP contribution in [0.5, 0.6) is 0 Å². The topological polar surface area (TPSA) is 52.6 Å². The summed E-state index contributed by atoms with van der Waals surface area (Å²) in [4.78, 5) is 22.8. The van der Waals surface area contributed by atoms with Crippen LogP contribution in [-0.4, -0.2) is 24.1 Å². The van der Waals surface area contributed by atoms with Crippen molar-refractivity contribution in [2.24, 2.45) is 0 Å². The molecule has 0 bridgehead atoms. The summed E-state index contributed by atoms with van der Waals surface area (Å²) in [7, 11) is 0. The molecular weight excluding hydrogens is 208 g/mol. The monoisotopic (exact) mass is 230 g/mol. The molecule has 0 heterocycles. The maximum Gasteiger partial charge on any atom is 0.350 e. The number of hydrogen-bond donors (Lipinski definition) is 0. The molecule has 0 saturated carbocycles. The number of ether oxygens (including phenoxy) is 2. The Hall–Kier alpha value is -1.06. The molecular formula is C12H22O4. The molecule has 0 fully saturated rings. The summed E-state index contributed by atoms with van der Waals surface area (Å²) < 4.78 is 10.1. The predicted molar refractivity (Wildman–Crippen MR) is 60.9 cm³/mol. The molecule has 0 aromatic carbocycles. The van der Waals surface area contributed by atoms with Crippen LogP contribution in [0.3, 0.4) is 0 Å². The van der Waals surface area contributed by atoms with E-state index in [4.69, 9.17) is 9.47 Å². The van der Waals surface area contributed by atoms with E-state index in [-0.39, 0.29) is 5.97 Å². The smallest absolute Gasteiger partial charge is 0.350 e. The number of hydrogen-bond acceptors (Lipinski definition) is 4. The molecule has 0 aliphatic carbocycles. The van der Waals surface area contributed by atoms with Gasteiger partial charge in [0.2, 0.25) is 5.60 Å². The lowest BCUT2D eigenvalue weighted by Crippen LogP contribution is -2.38. The zero-order valence-electron chi connectivity index (χ0n) is 10.7. The Kier molecular flexibility index (Phi) is 6.77. The first-order valence-electron chi connectivity index (χ1n) is 5.83. The first-order chi connectivity index (χ1) is 7.44. The molecule has 0 saturated heterocycles. The highest BCUT2D eigenvalue weighted by Gasteiger charge is 2.33. The first-order valence-corrected chi connectivity index (χ1v) is 5.83. The van der Waals surface area contributed by atoms with E-state index in [9.17, 15) is 9.59 Å². The van der Waals surface area contributed by atoms with E-state index in [0.29, 0.717) is 19.4 Å². The molecule has 0 spiro atoms. The Balaban J connectivity index is 4.09. The van der Waals surface area contributed by atoms with Crippen LogP contribution in [0.1, 0.15) is 53.4 Å². The number of carbonyl (C=O) groups excluding carboxylic acids is 2. The third-order valence-electron chi connectivity index (χ3n) is 2.05. The number of unbranched alkanes of at least 4 members (excludes halogenated alkanes) is 1. The highest BCUT2D eigenvalue weighted by Crippen LogP contribution is 2.13. The zero-order valence-corrected chi connectivity index (χ0v) is 10.7. The first kappa shape index (κ1) is 14.9. The fourth-order valence-electron chi connectivity index (χ4n) is 1.06. The van der Waals surface area contributed by atoms with E-state index in [2.05, 4.69) is 0 Å². The van der Waals surface area contributed by atoms with Gasteiger partial charge in [-0.3, -0.25) is 4.79 Å². The third kappa shape index (κ3) is 5.73. The van der Waals surface area contributed by atoms with Crippen LogP contribution in [0.25, 0.3) is 0 Å². The second-order valence-electron chi connectivity index (χ2n) is 4.22. The highest BCUT2D eigenvalue weighted by molar-refractivity contribution is 5.82. The number of esters is 2. The fourth-order valence-corrected chi connectivity index (χ4v) is 1.06. The van der Waals surface area contributed by atoms with Crippen molar-refractivity contribution in [1.82, 2.24) is 0 Å². The van der Waals surface area contributed by atoms with E-state index in [1.807, 2.05) is 13.8 Å². The average Bonchev–Trinajstić information content (AvgIpc) is 2.17. The minimum Gasteiger partial charge on any atom is -0.463 e. The molecule has 94 valence electrons. The van der Waals surface area contributed by atoms with E-state index in [0.717, 1.165) is 12.8 Å². The van der Waals surface area contributed by atoms with E-state index in [1.165, 1.54) is 0 Å². The maximum absolute atomic E-state index is 11.6. The zero-order chi connectivity index (χ0) is 12.6. The Morgan fingerprint density at radius 1 is 1.12 bits per heavy atom. The number of carbonyl (C=O) groups is 2. The average molecular weight is 230 g/mol. The SMILES string of the molecule is CCCCOC(=O)C(C)(C)OC(=O)CCC. The molecule has 16 heavy (non-hydrogen) atoms. The molecule has 0 rings (SSSR count). The summed E-state index contributed by atoms with van der Waals surface area (Å²) >= 11 is 0. The summed E-state index contributed by atoms with van der Waals surface area (Å²) in [5.74, 6) is -0.842. The Labute approximate surface area is 97.3 Å². The number of rotatable bonds is 7. The molecule has 0 unspecified atom stereocenters. The van der Waals surface area contributed by atoms with Gasteiger partial charge in [-0.25, -0.2) is 4.79 Å². The molecule has 0 aromatic heterocycles. The Morgan fingerprint density at radius 2 is 1.75 bits per heavy atom. The normalized spacial score (nSPS) is 11.0. The van der Waals surface area contributed by atoms with Crippen LogP contribution >= 0.6 is 0 Å². The van der Waals surface area contributed by atoms with Gasteiger partial charge in [-0.2, -0.15) is 0 Å². The molecule has 0 aromatic rings. The van der Waals surface area contributed by atoms with Crippen LogP contribution in [-0.2, 0) is 19.1 Å². The van der Waals surface area contributed by atoms with Gasteiger partial charge < -0.3 is 9.47 Å². The van der Waals surface area contributed by atoms with E-state index < -0.39 is 11.6 Å². The molecule has 0 aliphatic rings. The van der Waals surface area contributed by atoms with Crippen molar-refractivity contribution in [1.29, 1.82) is 0 Å². The van der Waals surface area contributed by atoms with Gasteiger partial charge in [0.05, 0.1) is 6.61 Å². The van der Waals surface area contributed by atoms with Crippen LogP contribution in [0.15, 0.2) is 0 Å². The van der Waals surface area contributed by atoms with Gasteiger partial charge in [0.25, 0.3) is 0 Å². The lowest BCUT2D eigenvalue weighted by molar-refractivity contribution is -0.178. The minimum absolute atomic E-state index is 0.325. The molecule has 4 nitrogen and oxygen atoms in total. The lowest BCUT2D eigenvalue weighted by atomic mass is 10.1. The van der Waals surface area contributed by atoms with Crippen molar-refractivity contribution < 1.29 is 19.1 Å². The highest BCUT2D eigenvalue weighted by atomic mass is 16.6. The van der Waals surface area contributed by atoms with Crippen LogP contribution in [0.4, 0.5) is 0 Å². The standard InChI is InChI=1S/C12H22O4/c1-5-7-9-15-11(14)12(3,4)16-10(13)8-6-2/h5-9H2,1-4H3.